The summed E-state index contributed by atoms with van der Waals surface area (Å²) < 4.78 is 22.8. The Morgan fingerprint density at radius 2 is 1.72 bits per heavy atom. The highest BCUT2D eigenvalue weighted by molar-refractivity contribution is 5.94. The minimum absolute atomic E-state index is 0.268. The predicted octanol–water partition coefficient (Wildman–Crippen LogP) is 4.40. The van der Waals surface area contributed by atoms with Crippen molar-refractivity contribution in [3.63, 3.8) is 0 Å². The maximum absolute atomic E-state index is 13.4. The molecule has 0 aliphatic carbocycles. The van der Waals surface area contributed by atoms with Gasteiger partial charge in [0.2, 0.25) is 0 Å². The molecule has 5 aromatic rings. The third kappa shape index (κ3) is 2.91. The summed E-state index contributed by atoms with van der Waals surface area (Å²) in [6, 6.07) is 16.0. The van der Waals surface area contributed by atoms with Crippen molar-refractivity contribution in [1.29, 1.82) is 0 Å². The molecule has 0 radical (unpaired) electrons. The van der Waals surface area contributed by atoms with Gasteiger partial charge in [0.25, 0.3) is 0 Å². The molecule has 6 nitrogen and oxygen atoms in total. The molecule has 0 saturated carbocycles. The Hall–Kier alpha value is -3.74. The standard InChI is InChI=1S/C22H18FN5O/c1-14-15(2)28(17-10-8-16(23)9-11-17)21-20(14)22-25-19(26-27(22)13-24-21)12-29-18-6-4-3-5-7-18/h3-11,13H,12H2,1-2H3. The van der Waals surface area contributed by atoms with E-state index < -0.39 is 0 Å². The van der Waals surface area contributed by atoms with Gasteiger partial charge in [-0.25, -0.2) is 18.9 Å². The lowest BCUT2D eigenvalue weighted by atomic mass is 10.2. The molecule has 3 heterocycles. The summed E-state index contributed by atoms with van der Waals surface area (Å²) in [6.07, 6.45) is 1.65. The number of aromatic nitrogens is 5. The summed E-state index contributed by atoms with van der Waals surface area (Å²) in [5.41, 5.74) is 4.43. The van der Waals surface area contributed by atoms with E-state index in [-0.39, 0.29) is 12.4 Å². The molecule has 0 bridgehead atoms. The van der Waals surface area contributed by atoms with Crippen LogP contribution in [0.3, 0.4) is 0 Å². The molecule has 0 saturated heterocycles. The van der Waals surface area contributed by atoms with Gasteiger partial charge in [0, 0.05) is 11.4 Å². The fraction of sp³-hybridized carbons (Fsp3) is 0.136. The van der Waals surface area contributed by atoms with E-state index >= 15 is 0 Å². The quantitative estimate of drug-likeness (QED) is 0.459. The number of nitrogens with zero attached hydrogens (tertiary/aromatic N) is 5. The van der Waals surface area contributed by atoms with Crippen LogP contribution in [-0.2, 0) is 6.61 Å². The first-order valence-electron chi connectivity index (χ1n) is 9.27. The van der Waals surface area contributed by atoms with E-state index in [4.69, 9.17) is 9.72 Å². The second-order valence-corrected chi connectivity index (χ2v) is 6.86. The minimum atomic E-state index is -0.268. The lowest BCUT2D eigenvalue weighted by Crippen LogP contribution is -1.99. The first kappa shape index (κ1) is 17.4. The highest BCUT2D eigenvalue weighted by atomic mass is 19.1. The number of ether oxygens (including phenoxy) is 1. The van der Waals surface area contributed by atoms with Crippen LogP contribution in [0.1, 0.15) is 17.1 Å². The molecule has 2 aromatic carbocycles. The van der Waals surface area contributed by atoms with Crippen molar-refractivity contribution in [3.05, 3.63) is 83.8 Å². The normalized spacial score (nSPS) is 11.4. The third-order valence-electron chi connectivity index (χ3n) is 5.07. The number of halogens is 1. The average molecular weight is 387 g/mol. The summed E-state index contributed by atoms with van der Waals surface area (Å²) >= 11 is 0. The molecule has 0 aliphatic heterocycles. The zero-order valence-electron chi connectivity index (χ0n) is 16.0. The molecule has 0 atom stereocenters. The number of rotatable bonds is 4. The van der Waals surface area contributed by atoms with Crippen molar-refractivity contribution in [2.24, 2.45) is 0 Å². The number of para-hydroxylation sites is 1. The summed E-state index contributed by atoms with van der Waals surface area (Å²) in [4.78, 5) is 9.30. The van der Waals surface area contributed by atoms with Crippen molar-refractivity contribution in [2.45, 2.75) is 20.5 Å². The number of hydrogen-bond acceptors (Lipinski definition) is 4. The minimum Gasteiger partial charge on any atom is -0.486 e. The lowest BCUT2D eigenvalue weighted by molar-refractivity contribution is 0.296. The second-order valence-electron chi connectivity index (χ2n) is 6.86. The maximum atomic E-state index is 13.4. The molecule has 0 fully saturated rings. The van der Waals surface area contributed by atoms with Crippen LogP contribution in [0.4, 0.5) is 4.39 Å². The Balaban J connectivity index is 1.60. The zero-order valence-corrected chi connectivity index (χ0v) is 16.0. The maximum Gasteiger partial charge on any atom is 0.189 e. The van der Waals surface area contributed by atoms with Gasteiger partial charge in [-0.15, -0.1) is 5.10 Å². The highest BCUT2D eigenvalue weighted by Crippen LogP contribution is 2.29. The van der Waals surface area contributed by atoms with Crippen LogP contribution >= 0.6 is 0 Å². The molecule has 144 valence electrons. The molecule has 29 heavy (non-hydrogen) atoms. The first-order valence-corrected chi connectivity index (χ1v) is 9.27. The van der Waals surface area contributed by atoms with Crippen LogP contribution in [-0.4, -0.2) is 24.1 Å². The Morgan fingerprint density at radius 1 is 0.966 bits per heavy atom. The molecule has 3 aromatic heterocycles. The van der Waals surface area contributed by atoms with Crippen LogP contribution in [0.15, 0.2) is 60.9 Å². The smallest absolute Gasteiger partial charge is 0.189 e. The van der Waals surface area contributed by atoms with Gasteiger partial charge >= 0.3 is 0 Å². The summed E-state index contributed by atoms with van der Waals surface area (Å²) in [6.45, 7) is 4.32. The Bertz CT molecular complexity index is 1320. The predicted molar refractivity (Wildman–Crippen MR) is 108 cm³/mol. The number of hydrogen-bond donors (Lipinski definition) is 0. The second kappa shape index (κ2) is 6.70. The number of benzene rings is 2. The van der Waals surface area contributed by atoms with Gasteiger partial charge in [-0.1, -0.05) is 18.2 Å². The average Bonchev–Trinajstić information content (AvgIpc) is 3.27. The van der Waals surface area contributed by atoms with Crippen LogP contribution in [0.25, 0.3) is 22.4 Å². The fourth-order valence-electron chi connectivity index (χ4n) is 3.54. The van der Waals surface area contributed by atoms with Gasteiger partial charge in [0.05, 0.1) is 5.39 Å². The van der Waals surface area contributed by atoms with E-state index in [1.807, 2.05) is 48.7 Å². The SMILES string of the molecule is Cc1c(C)n(-c2ccc(F)cc2)c2ncn3nc(COc4ccccc4)nc3c12. The molecule has 0 unspecified atom stereocenters. The zero-order chi connectivity index (χ0) is 20.0. The van der Waals surface area contributed by atoms with Gasteiger partial charge in [-0.05, 0) is 55.8 Å². The third-order valence-corrected chi connectivity index (χ3v) is 5.07. The fourth-order valence-corrected chi connectivity index (χ4v) is 3.54. The van der Waals surface area contributed by atoms with Gasteiger partial charge in [-0.2, -0.15) is 0 Å². The largest absolute Gasteiger partial charge is 0.486 e. The molecular formula is C22H18FN5O. The van der Waals surface area contributed by atoms with Gasteiger partial charge in [-0.3, -0.25) is 4.57 Å². The van der Waals surface area contributed by atoms with Gasteiger partial charge in [0.15, 0.2) is 17.1 Å². The van der Waals surface area contributed by atoms with Gasteiger partial charge in [0.1, 0.15) is 24.5 Å². The Labute approximate surface area is 166 Å². The highest BCUT2D eigenvalue weighted by Gasteiger charge is 2.19. The van der Waals surface area contributed by atoms with Crippen molar-refractivity contribution < 1.29 is 9.13 Å². The van der Waals surface area contributed by atoms with Crippen LogP contribution in [0.5, 0.6) is 5.75 Å². The van der Waals surface area contributed by atoms with Crippen LogP contribution < -0.4 is 4.74 Å². The molecule has 5 rings (SSSR count). The number of aryl methyl sites for hydroxylation is 1. The van der Waals surface area contributed by atoms with E-state index in [0.717, 1.165) is 39.4 Å². The summed E-state index contributed by atoms with van der Waals surface area (Å²) in [5.74, 6) is 1.08. The van der Waals surface area contributed by atoms with Crippen molar-refractivity contribution >= 4 is 16.7 Å². The molecule has 7 heteroatoms. The summed E-state index contributed by atoms with van der Waals surface area (Å²) in [5, 5.41) is 5.43. The van der Waals surface area contributed by atoms with E-state index in [2.05, 4.69) is 10.1 Å². The van der Waals surface area contributed by atoms with Crippen molar-refractivity contribution in [2.75, 3.05) is 0 Å². The van der Waals surface area contributed by atoms with Crippen molar-refractivity contribution in [3.8, 4) is 11.4 Å². The van der Waals surface area contributed by atoms with Crippen LogP contribution in [0.2, 0.25) is 0 Å². The lowest BCUT2D eigenvalue weighted by Gasteiger charge is -2.07. The monoisotopic (exact) mass is 387 g/mol. The molecule has 0 N–H and O–H groups in total. The van der Waals surface area contributed by atoms with Crippen LogP contribution in [0, 0.1) is 19.7 Å². The number of fused-ring (bicyclic) bond motifs is 3. The van der Waals surface area contributed by atoms with E-state index in [0.29, 0.717) is 5.82 Å². The Kier molecular flexibility index (Phi) is 4.01. The van der Waals surface area contributed by atoms with E-state index in [1.54, 1.807) is 23.0 Å². The molecule has 0 amide bonds. The van der Waals surface area contributed by atoms with Gasteiger partial charge < -0.3 is 4.74 Å². The molecule has 0 spiro atoms. The molecule has 0 aliphatic rings. The first-order chi connectivity index (χ1) is 14.1. The van der Waals surface area contributed by atoms with Crippen molar-refractivity contribution in [1.82, 2.24) is 24.1 Å². The molecular weight excluding hydrogens is 369 g/mol. The Morgan fingerprint density at radius 3 is 2.48 bits per heavy atom. The summed E-state index contributed by atoms with van der Waals surface area (Å²) in [7, 11) is 0. The van der Waals surface area contributed by atoms with E-state index in [9.17, 15) is 4.39 Å². The topological polar surface area (TPSA) is 57.2 Å². The van der Waals surface area contributed by atoms with E-state index in [1.165, 1.54) is 12.1 Å².